The standard InChI is InChI=1S/C21H18N4OS2/c1-11-3-8-14-16(9-11)26-21-17(18(23)15(10-22)20(24)25-21)19(14)28-13-6-4-12(27-2)5-7-13/h3-9,19H,1-2H3,(H4,23,24,25). The minimum Gasteiger partial charge on any atom is -0.438 e. The van der Waals surface area contributed by atoms with Gasteiger partial charge in [-0.25, -0.2) is 0 Å². The summed E-state index contributed by atoms with van der Waals surface area (Å²) in [4.78, 5) is 6.63. The number of nitrogen functional groups attached to an aromatic ring is 2. The van der Waals surface area contributed by atoms with E-state index < -0.39 is 0 Å². The number of fused-ring (bicyclic) bond motifs is 2. The Balaban J connectivity index is 1.87. The third-order valence-electron chi connectivity index (χ3n) is 4.61. The van der Waals surface area contributed by atoms with Crippen LogP contribution in [0.1, 0.15) is 27.5 Å². The number of pyridine rings is 1. The van der Waals surface area contributed by atoms with Crippen LogP contribution >= 0.6 is 23.5 Å². The molecule has 0 bridgehead atoms. The van der Waals surface area contributed by atoms with Crippen LogP contribution < -0.4 is 16.2 Å². The number of thioether (sulfide) groups is 2. The Morgan fingerprint density at radius 3 is 2.50 bits per heavy atom. The van der Waals surface area contributed by atoms with Crippen molar-refractivity contribution in [3.8, 4) is 17.7 Å². The molecule has 0 saturated heterocycles. The largest absolute Gasteiger partial charge is 0.438 e. The van der Waals surface area contributed by atoms with Crippen LogP contribution in [0.5, 0.6) is 11.6 Å². The summed E-state index contributed by atoms with van der Waals surface area (Å²) in [7, 11) is 0. The minimum absolute atomic E-state index is 0.0860. The predicted octanol–water partition coefficient (Wildman–Crippen LogP) is 5.14. The van der Waals surface area contributed by atoms with Gasteiger partial charge in [-0.2, -0.15) is 10.2 Å². The van der Waals surface area contributed by atoms with Gasteiger partial charge in [0.15, 0.2) is 0 Å². The molecule has 0 amide bonds. The molecular formula is C21H18N4OS2. The first kappa shape index (κ1) is 18.5. The molecular weight excluding hydrogens is 388 g/mol. The van der Waals surface area contributed by atoms with Crippen LogP contribution in [0.2, 0.25) is 0 Å². The number of aryl methyl sites for hydroxylation is 1. The lowest BCUT2D eigenvalue weighted by Gasteiger charge is -2.29. The van der Waals surface area contributed by atoms with Gasteiger partial charge < -0.3 is 16.2 Å². The number of benzene rings is 2. The summed E-state index contributed by atoms with van der Waals surface area (Å²) in [5.41, 5.74) is 15.6. The molecule has 140 valence electrons. The maximum Gasteiger partial charge on any atom is 0.228 e. The van der Waals surface area contributed by atoms with E-state index in [1.165, 1.54) is 4.90 Å². The van der Waals surface area contributed by atoms with Crippen molar-refractivity contribution >= 4 is 35.0 Å². The number of nitriles is 1. The smallest absolute Gasteiger partial charge is 0.228 e. The first-order valence-corrected chi connectivity index (χ1v) is 10.7. The minimum atomic E-state index is -0.153. The Bertz CT molecular complexity index is 1110. The van der Waals surface area contributed by atoms with Crippen LogP contribution in [0.25, 0.3) is 0 Å². The van der Waals surface area contributed by atoms with Crippen LogP contribution in [0.15, 0.2) is 52.3 Å². The van der Waals surface area contributed by atoms with Crippen LogP contribution in [0, 0.1) is 18.3 Å². The number of hydrogen-bond donors (Lipinski definition) is 2. The molecule has 2 aromatic carbocycles. The van der Waals surface area contributed by atoms with Gasteiger partial charge in [-0.15, -0.1) is 23.5 Å². The number of rotatable bonds is 3. The molecule has 28 heavy (non-hydrogen) atoms. The molecule has 5 nitrogen and oxygen atoms in total. The summed E-state index contributed by atoms with van der Waals surface area (Å²) in [6.45, 7) is 2.01. The maximum atomic E-state index is 9.47. The normalized spacial score (nSPS) is 14.5. The number of hydrogen-bond acceptors (Lipinski definition) is 7. The fourth-order valence-corrected chi connectivity index (χ4v) is 4.82. The van der Waals surface area contributed by atoms with Crippen LogP contribution in [-0.2, 0) is 0 Å². The van der Waals surface area contributed by atoms with Crippen molar-refractivity contribution in [2.45, 2.75) is 22.0 Å². The fraction of sp³-hybridized carbons (Fsp3) is 0.143. The van der Waals surface area contributed by atoms with E-state index >= 15 is 0 Å². The van der Waals surface area contributed by atoms with Crippen LogP contribution in [0.3, 0.4) is 0 Å². The molecule has 1 atom stereocenters. The van der Waals surface area contributed by atoms with Crippen molar-refractivity contribution < 1.29 is 4.74 Å². The van der Waals surface area contributed by atoms with E-state index in [0.717, 1.165) is 21.8 Å². The Labute approximate surface area is 172 Å². The van der Waals surface area contributed by atoms with Crippen molar-refractivity contribution in [3.63, 3.8) is 0 Å². The van der Waals surface area contributed by atoms with Gasteiger partial charge >= 0.3 is 0 Å². The van der Waals surface area contributed by atoms with E-state index in [0.29, 0.717) is 17.1 Å². The monoisotopic (exact) mass is 406 g/mol. The lowest BCUT2D eigenvalue weighted by molar-refractivity contribution is 0.440. The Kier molecular flexibility index (Phi) is 4.84. The highest BCUT2D eigenvalue weighted by atomic mass is 32.2. The zero-order chi connectivity index (χ0) is 19.8. The third-order valence-corrected chi connectivity index (χ3v) is 6.63. The average Bonchev–Trinajstić information content (AvgIpc) is 2.68. The van der Waals surface area contributed by atoms with Gasteiger partial charge in [0, 0.05) is 15.4 Å². The third kappa shape index (κ3) is 3.15. The highest BCUT2D eigenvalue weighted by molar-refractivity contribution is 8.00. The first-order valence-electron chi connectivity index (χ1n) is 8.60. The Hall–Kier alpha value is -2.82. The predicted molar refractivity (Wildman–Crippen MR) is 115 cm³/mol. The van der Waals surface area contributed by atoms with Crippen molar-refractivity contribution in [1.29, 1.82) is 5.26 Å². The van der Waals surface area contributed by atoms with E-state index in [9.17, 15) is 5.26 Å². The van der Waals surface area contributed by atoms with E-state index in [4.69, 9.17) is 16.2 Å². The summed E-state index contributed by atoms with van der Waals surface area (Å²) in [6.07, 6.45) is 2.05. The summed E-state index contributed by atoms with van der Waals surface area (Å²) in [6, 6.07) is 16.5. The number of anilines is 2. The maximum absolute atomic E-state index is 9.47. The summed E-state index contributed by atoms with van der Waals surface area (Å²) in [5.74, 6) is 1.19. The molecule has 4 rings (SSSR count). The molecule has 0 fully saturated rings. The van der Waals surface area contributed by atoms with E-state index in [1.54, 1.807) is 23.5 Å². The molecule has 0 aliphatic carbocycles. The van der Waals surface area contributed by atoms with Gasteiger partial charge in [0.05, 0.1) is 16.5 Å². The zero-order valence-corrected chi connectivity index (χ0v) is 17.0. The van der Waals surface area contributed by atoms with Crippen molar-refractivity contribution in [2.24, 2.45) is 0 Å². The molecule has 2 heterocycles. The second-order valence-electron chi connectivity index (χ2n) is 6.43. The fourth-order valence-electron chi connectivity index (χ4n) is 3.18. The molecule has 7 heteroatoms. The molecule has 0 saturated carbocycles. The topological polar surface area (TPSA) is 98.0 Å². The van der Waals surface area contributed by atoms with Gasteiger partial charge in [-0.3, -0.25) is 0 Å². The highest BCUT2D eigenvalue weighted by Gasteiger charge is 2.33. The molecule has 1 aliphatic rings. The number of ether oxygens (including phenoxy) is 1. The molecule has 1 aliphatic heterocycles. The molecule has 1 unspecified atom stereocenters. The van der Waals surface area contributed by atoms with Crippen LogP contribution in [-0.4, -0.2) is 11.2 Å². The van der Waals surface area contributed by atoms with Crippen LogP contribution in [0.4, 0.5) is 11.5 Å². The van der Waals surface area contributed by atoms with Gasteiger partial charge in [0.25, 0.3) is 0 Å². The Morgan fingerprint density at radius 1 is 1.11 bits per heavy atom. The van der Waals surface area contributed by atoms with Gasteiger partial charge in [-0.05, 0) is 49.1 Å². The average molecular weight is 407 g/mol. The van der Waals surface area contributed by atoms with E-state index in [2.05, 4.69) is 41.6 Å². The summed E-state index contributed by atoms with van der Waals surface area (Å²) in [5, 5.41) is 9.31. The number of nitrogens with zero attached hydrogens (tertiary/aromatic N) is 2. The quantitative estimate of drug-likeness (QED) is 0.581. The summed E-state index contributed by atoms with van der Waals surface area (Å²) < 4.78 is 6.03. The highest BCUT2D eigenvalue weighted by Crippen LogP contribution is 2.54. The van der Waals surface area contributed by atoms with E-state index in [-0.39, 0.29) is 16.6 Å². The summed E-state index contributed by atoms with van der Waals surface area (Å²) >= 11 is 3.36. The number of nitrogens with two attached hydrogens (primary N) is 2. The van der Waals surface area contributed by atoms with E-state index in [1.807, 2.05) is 25.1 Å². The lowest BCUT2D eigenvalue weighted by atomic mass is 9.97. The lowest BCUT2D eigenvalue weighted by Crippen LogP contribution is -2.15. The molecule has 0 spiro atoms. The molecule has 3 aromatic rings. The second-order valence-corrected chi connectivity index (χ2v) is 8.49. The molecule has 1 aromatic heterocycles. The van der Waals surface area contributed by atoms with Gasteiger partial charge in [-0.1, -0.05) is 12.1 Å². The molecule has 4 N–H and O–H groups in total. The van der Waals surface area contributed by atoms with Crippen molar-refractivity contribution in [2.75, 3.05) is 17.7 Å². The van der Waals surface area contributed by atoms with Gasteiger partial charge in [0.2, 0.25) is 5.88 Å². The van der Waals surface area contributed by atoms with Gasteiger partial charge in [0.1, 0.15) is 23.2 Å². The Morgan fingerprint density at radius 2 is 1.82 bits per heavy atom. The van der Waals surface area contributed by atoms with Crippen molar-refractivity contribution in [3.05, 3.63) is 64.7 Å². The number of aromatic nitrogens is 1. The molecule has 0 radical (unpaired) electrons. The first-order chi connectivity index (χ1) is 13.5. The second kappa shape index (κ2) is 7.30. The zero-order valence-electron chi connectivity index (χ0n) is 15.4. The SMILES string of the molecule is CSc1ccc(SC2c3ccc(C)cc3Oc3nc(N)c(C#N)c(N)c32)cc1. The van der Waals surface area contributed by atoms with Crippen molar-refractivity contribution in [1.82, 2.24) is 4.98 Å².